The van der Waals surface area contributed by atoms with Gasteiger partial charge in [0.15, 0.2) is 0 Å². The van der Waals surface area contributed by atoms with Crippen molar-refractivity contribution in [3.63, 3.8) is 0 Å². The molecule has 15 heavy (non-hydrogen) atoms. The molecule has 0 heterocycles. The van der Waals surface area contributed by atoms with E-state index in [2.05, 4.69) is 6.92 Å². The SMILES string of the molecule is CCCCOC(=O)CC1CC(OCC)C1. The first-order valence-electron chi connectivity index (χ1n) is 6.03. The summed E-state index contributed by atoms with van der Waals surface area (Å²) in [5.74, 6) is 0.457. The zero-order valence-electron chi connectivity index (χ0n) is 9.83. The van der Waals surface area contributed by atoms with Gasteiger partial charge < -0.3 is 9.47 Å². The van der Waals surface area contributed by atoms with Crippen LogP contribution >= 0.6 is 0 Å². The minimum absolute atomic E-state index is 0.0385. The highest BCUT2D eigenvalue weighted by molar-refractivity contribution is 5.69. The van der Waals surface area contributed by atoms with Crippen LogP contribution in [0.4, 0.5) is 0 Å². The fraction of sp³-hybridized carbons (Fsp3) is 0.917. The van der Waals surface area contributed by atoms with Crippen LogP contribution in [0.25, 0.3) is 0 Å². The van der Waals surface area contributed by atoms with Crippen molar-refractivity contribution < 1.29 is 14.3 Å². The van der Waals surface area contributed by atoms with Crippen molar-refractivity contribution in [3.05, 3.63) is 0 Å². The number of unbranched alkanes of at least 4 members (excludes halogenated alkanes) is 1. The highest BCUT2D eigenvalue weighted by Crippen LogP contribution is 2.32. The lowest BCUT2D eigenvalue weighted by Crippen LogP contribution is -2.33. The van der Waals surface area contributed by atoms with Crippen LogP contribution in [0.5, 0.6) is 0 Å². The molecule has 3 nitrogen and oxygen atoms in total. The van der Waals surface area contributed by atoms with E-state index in [0.29, 0.717) is 25.0 Å². The van der Waals surface area contributed by atoms with Gasteiger partial charge in [0, 0.05) is 13.0 Å². The largest absolute Gasteiger partial charge is 0.466 e. The fourth-order valence-electron chi connectivity index (χ4n) is 1.84. The Labute approximate surface area is 92.1 Å². The van der Waals surface area contributed by atoms with Crippen LogP contribution in [0, 0.1) is 5.92 Å². The van der Waals surface area contributed by atoms with Crippen LogP contribution < -0.4 is 0 Å². The second kappa shape index (κ2) is 6.83. The molecule has 0 spiro atoms. The van der Waals surface area contributed by atoms with Gasteiger partial charge in [0.1, 0.15) is 0 Å². The molecular weight excluding hydrogens is 192 g/mol. The Balaban J connectivity index is 1.98. The number of hydrogen-bond donors (Lipinski definition) is 0. The Kier molecular flexibility index (Phi) is 5.69. The average molecular weight is 214 g/mol. The van der Waals surface area contributed by atoms with Gasteiger partial charge in [-0.1, -0.05) is 13.3 Å². The van der Waals surface area contributed by atoms with Crippen molar-refractivity contribution in [2.45, 2.75) is 52.1 Å². The van der Waals surface area contributed by atoms with Gasteiger partial charge >= 0.3 is 5.97 Å². The standard InChI is InChI=1S/C12H22O3/c1-3-5-6-15-12(13)9-10-7-11(8-10)14-4-2/h10-11H,3-9H2,1-2H3. The molecule has 1 fully saturated rings. The van der Waals surface area contributed by atoms with E-state index in [9.17, 15) is 4.79 Å². The zero-order chi connectivity index (χ0) is 11.1. The maximum absolute atomic E-state index is 11.3. The van der Waals surface area contributed by atoms with Crippen molar-refractivity contribution in [2.75, 3.05) is 13.2 Å². The van der Waals surface area contributed by atoms with Gasteiger partial charge in [-0.25, -0.2) is 0 Å². The Bertz CT molecular complexity index is 185. The molecule has 1 saturated carbocycles. The van der Waals surface area contributed by atoms with Crippen LogP contribution in [0.15, 0.2) is 0 Å². The molecule has 0 aromatic rings. The summed E-state index contributed by atoms with van der Waals surface area (Å²) in [6, 6.07) is 0. The molecule has 0 amide bonds. The van der Waals surface area contributed by atoms with Crippen molar-refractivity contribution in [2.24, 2.45) is 5.92 Å². The van der Waals surface area contributed by atoms with Gasteiger partial charge in [0.05, 0.1) is 12.7 Å². The average Bonchev–Trinajstić information content (AvgIpc) is 2.15. The summed E-state index contributed by atoms with van der Waals surface area (Å²) in [5, 5.41) is 0. The molecule has 1 rings (SSSR count). The van der Waals surface area contributed by atoms with E-state index in [-0.39, 0.29) is 5.97 Å². The number of carbonyl (C=O) groups excluding carboxylic acids is 1. The lowest BCUT2D eigenvalue weighted by molar-refractivity contribution is -0.147. The van der Waals surface area contributed by atoms with E-state index in [1.165, 1.54) is 0 Å². The van der Waals surface area contributed by atoms with Gasteiger partial charge in [0.2, 0.25) is 0 Å². The monoisotopic (exact) mass is 214 g/mol. The molecule has 0 N–H and O–H groups in total. The van der Waals surface area contributed by atoms with Gasteiger partial charge in [-0.05, 0) is 32.1 Å². The van der Waals surface area contributed by atoms with Crippen molar-refractivity contribution in [1.82, 2.24) is 0 Å². The van der Waals surface area contributed by atoms with Crippen molar-refractivity contribution in [3.8, 4) is 0 Å². The van der Waals surface area contributed by atoms with E-state index >= 15 is 0 Å². The molecule has 0 atom stereocenters. The number of rotatable bonds is 7. The molecule has 0 aromatic heterocycles. The summed E-state index contributed by atoms with van der Waals surface area (Å²) in [4.78, 5) is 11.3. The number of ether oxygens (including phenoxy) is 2. The molecule has 0 unspecified atom stereocenters. The smallest absolute Gasteiger partial charge is 0.306 e. The minimum Gasteiger partial charge on any atom is -0.466 e. The number of esters is 1. The maximum atomic E-state index is 11.3. The maximum Gasteiger partial charge on any atom is 0.306 e. The second-order valence-corrected chi connectivity index (χ2v) is 4.19. The molecule has 0 radical (unpaired) electrons. The molecule has 1 aliphatic rings. The molecule has 0 aliphatic heterocycles. The summed E-state index contributed by atoms with van der Waals surface area (Å²) in [6.07, 6.45) is 5.06. The van der Waals surface area contributed by atoms with E-state index in [0.717, 1.165) is 32.3 Å². The summed E-state index contributed by atoms with van der Waals surface area (Å²) in [6.45, 7) is 5.45. The third-order valence-corrected chi connectivity index (χ3v) is 2.81. The van der Waals surface area contributed by atoms with Gasteiger partial charge in [-0.3, -0.25) is 4.79 Å². The molecular formula is C12H22O3. The summed E-state index contributed by atoms with van der Waals surface area (Å²) < 4.78 is 10.5. The summed E-state index contributed by atoms with van der Waals surface area (Å²) in [5.41, 5.74) is 0. The highest BCUT2D eigenvalue weighted by Gasteiger charge is 2.31. The van der Waals surface area contributed by atoms with E-state index in [4.69, 9.17) is 9.47 Å². The van der Waals surface area contributed by atoms with Crippen LogP contribution in [0.3, 0.4) is 0 Å². The van der Waals surface area contributed by atoms with Crippen LogP contribution in [-0.4, -0.2) is 25.3 Å². The quantitative estimate of drug-likeness (QED) is 0.482. The van der Waals surface area contributed by atoms with Gasteiger partial charge in [-0.15, -0.1) is 0 Å². The molecule has 3 heteroatoms. The van der Waals surface area contributed by atoms with E-state index in [1.54, 1.807) is 0 Å². The van der Waals surface area contributed by atoms with Crippen LogP contribution in [0.2, 0.25) is 0 Å². The summed E-state index contributed by atoms with van der Waals surface area (Å²) in [7, 11) is 0. The molecule has 0 bridgehead atoms. The zero-order valence-corrected chi connectivity index (χ0v) is 9.83. The topological polar surface area (TPSA) is 35.5 Å². The molecule has 0 aromatic carbocycles. The number of hydrogen-bond acceptors (Lipinski definition) is 3. The fourth-order valence-corrected chi connectivity index (χ4v) is 1.84. The normalized spacial score (nSPS) is 24.7. The Hall–Kier alpha value is -0.570. The summed E-state index contributed by atoms with van der Waals surface area (Å²) >= 11 is 0. The predicted molar refractivity (Wildman–Crippen MR) is 58.6 cm³/mol. The molecule has 88 valence electrons. The molecule has 1 aliphatic carbocycles. The van der Waals surface area contributed by atoms with Crippen molar-refractivity contribution in [1.29, 1.82) is 0 Å². The minimum atomic E-state index is -0.0385. The van der Waals surface area contributed by atoms with E-state index < -0.39 is 0 Å². The third kappa shape index (κ3) is 4.65. The van der Waals surface area contributed by atoms with Gasteiger partial charge in [0.25, 0.3) is 0 Å². The molecule has 0 saturated heterocycles. The van der Waals surface area contributed by atoms with Crippen LogP contribution in [-0.2, 0) is 14.3 Å². The lowest BCUT2D eigenvalue weighted by Gasteiger charge is -2.34. The highest BCUT2D eigenvalue weighted by atomic mass is 16.5. The van der Waals surface area contributed by atoms with Gasteiger partial charge in [-0.2, -0.15) is 0 Å². The first-order valence-corrected chi connectivity index (χ1v) is 6.03. The predicted octanol–water partition coefficient (Wildman–Crippen LogP) is 2.53. The Morgan fingerprint density at radius 1 is 1.33 bits per heavy atom. The van der Waals surface area contributed by atoms with E-state index in [1.807, 2.05) is 6.92 Å². The van der Waals surface area contributed by atoms with Crippen LogP contribution in [0.1, 0.15) is 46.0 Å². The first kappa shape index (κ1) is 12.5. The lowest BCUT2D eigenvalue weighted by atomic mass is 9.80. The number of carbonyl (C=O) groups is 1. The Morgan fingerprint density at radius 2 is 2.07 bits per heavy atom. The Morgan fingerprint density at radius 3 is 2.67 bits per heavy atom. The second-order valence-electron chi connectivity index (χ2n) is 4.19. The third-order valence-electron chi connectivity index (χ3n) is 2.81. The van der Waals surface area contributed by atoms with Crippen molar-refractivity contribution >= 4 is 5.97 Å². The first-order chi connectivity index (χ1) is 7.26.